The molecule has 0 radical (unpaired) electrons. The zero-order chi connectivity index (χ0) is 12.0. The van der Waals surface area contributed by atoms with Gasteiger partial charge < -0.3 is 5.32 Å². The van der Waals surface area contributed by atoms with Gasteiger partial charge in [0.15, 0.2) is 5.78 Å². The number of nitrogens with one attached hydrogen (secondary N) is 1. The molecule has 1 N–H and O–H groups in total. The number of aryl methyl sites for hydroxylation is 2. The van der Waals surface area contributed by atoms with Crippen LogP contribution in [0.2, 0.25) is 0 Å². The number of benzene rings is 1. The topological polar surface area (TPSA) is 29.1 Å². The first-order valence-electron chi connectivity index (χ1n) is 5.57. The second kappa shape index (κ2) is 6.23. The van der Waals surface area contributed by atoms with E-state index < -0.39 is 0 Å². The van der Waals surface area contributed by atoms with E-state index in [1.54, 1.807) is 6.08 Å². The Morgan fingerprint density at radius 1 is 1.44 bits per heavy atom. The summed E-state index contributed by atoms with van der Waals surface area (Å²) in [5.41, 5.74) is 3.10. The minimum Gasteiger partial charge on any atom is -0.313 e. The summed E-state index contributed by atoms with van der Waals surface area (Å²) in [6.45, 7) is 9.09. The summed E-state index contributed by atoms with van der Waals surface area (Å²) in [7, 11) is 0. The van der Waals surface area contributed by atoms with Crippen LogP contribution in [0.1, 0.15) is 27.9 Å². The molecule has 0 saturated carbocycles. The fraction of sp³-hybridized carbons (Fsp3) is 0.357. The summed E-state index contributed by atoms with van der Waals surface area (Å²) in [5, 5.41) is 3.13. The molecular weight excluding hydrogens is 198 g/mol. The number of carbonyl (C=O) groups is 1. The Morgan fingerprint density at radius 3 is 2.81 bits per heavy atom. The van der Waals surface area contributed by atoms with E-state index >= 15 is 0 Å². The second-order valence-corrected chi connectivity index (χ2v) is 3.98. The maximum Gasteiger partial charge on any atom is 0.164 e. The Morgan fingerprint density at radius 2 is 2.19 bits per heavy atom. The Hall–Kier alpha value is -1.41. The normalized spacial score (nSPS) is 10.1. The van der Waals surface area contributed by atoms with Crippen molar-refractivity contribution in [3.63, 3.8) is 0 Å². The average molecular weight is 217 g/mol. The van der Waals surface area contributed by atoms with E-state index in [0.717, 1.165) is 17.7 Å². The van der Waals surface area contributed by atoms with Crippen molar-refractivity contribution < 1.29 is 4.79 Å². The lowest BCUT2D eigenvalue weighted by Gasteiger charge is -2.06. The van der Waals surface area contributed by atoms with Crippen molar-refractivity contribution in [3.8, 4) is 0 Å². The van der Waals surface area contributed by atoms with Crippen LogP contribution >= 0.6 is 0 Å². The number of hydrogen-bond acceptors (Lipinski definition) is 2. The molecule has 0 aromatic heterocycles. The van der Waals surface area contributed by atoms with Gasteiger partial charge in [0, 0.05) is 25.1 Å². The maximum absolute atomic E-state index is 11.9. The monoisotopic (exact) mass is 217 g/mol. The molecule has 0 amide bonds. The maximum atomic E-state index is 11.9. The highest BCUT2D eigenvalue weighted by atomic mass is 16.1. The Labute approximate surface area is 97.4 Å². The van der Waals surface area contributed by atoms with Crippen molar-refractivity contribution in [1.82, 2.24) is 5.32 Å². The van der Waals surface area contributed by atoms with Crippen molar-refractivity contribution in [2.45, 2.75) is 20.3 Å². The van der Waals surface area contributed by atoms with Gasteiger partial charge in [-0.25, -0.2) is 0 Å². The standard InChI is InChI=1S/C14H19NO/c1-4-8-15-9-7-14(16)13-6-5-11(2)10-12(13)3/h4-6,10,15H,1,7-9H2,2-3H3. The number of Topliss-reactive ketones (excluding diaryl/α,β-unsaturated/α-hetero) is 1. The molecule has 2 heteroatoms. The molecule has 0 aliphatic carbocycles. The Kier molecular flexibility index (Phi) is 4.93. The first-order valence-corrected chi connectivity index (χ1v) is 5.57. The van der Waals surface area contributed by atoms with Crippen LogP contribution in [-0.4, -0.2) is 18.9 Å². The smallest absolute Gasteiger partial charge is 0.164 e. The molecule has 0 bridgehead atoms. The summed E-state index contributed by atoms with van der Waals surface area (Å²) in [6, 6.07) is 5.95. The van der Waals surface area contributed by atoms with E-state index in [-0.39, 0.29) is 5.78 Å². The molecule has 1 aromatic rings. The molecule has 0 unspecified atom stereocenters. The highest BCUT2D eigenvalue weighted by Crippen LogP contribution is 2.12. The number of carbonyl (C=O) groups excluding carboxylic acids is 1. The Balaban J connectivity index is 2.56. The molecule has 1 aromatic carbocycles. The zero-order valence-electron chi connectivity index (χ0n) is 10.0. The third-order valence-corrected chi connectivity index (χ3v) is 2.50. The molecule has 0 aliphatic rings. The van der Waals surface area contributed by atoms with E-state index in [0.29, 0.717) is 13.0 Å². The van der Waals surface area contributed by atoms with Gasteiger partial charge in [0.05, 0.1) is 0 Å². The van der Waals surface area contributed by atoms with E-state index in [4.69, 9.17) is 0 Å². The average Bonchev–Trinajstić information content (AvgIpc) is 2.24. The first-order chi connectivity index (χ1) is 7.65. The van der Waals surface area contributed by atoms with Crippen LogP contribution in [0.25, 0.3) is 0 Å². The number of rotatable bonds is 6. The van der Waals surface area contributed by atoms with Gasteiger partial charge in [-0.15, -0.1) is 6.58 Å². The van der Waals surface area contributed by atoms with Crippen LogP contribution in [0, 0.1) is 13.8 Å². The molecule has 1 rings (SSSR count). The van der Waals surface area contributed by atoms with Gasteiger partial charge in [-0.2, -0.15) is 0 Å². The highest BCUT2D eigenvalue weighted by Gasteiger charge is 2.07. The highest BCUT2D eigenvalue weighted by molar-refractivity contribution is 5.97. The minimum absolute atomic E-state index is 0.203. The van der Waals surface area contributed by atoms with Crippen LogP contribution < -0.4 is 5.32 Å². The molecule has 86 valence electrons. The number of hydrogen-bond donors (Lipinski definition) is 1. The van der Waals surface area contributed by atoms with Gasteiger partial charge >= 0.3 is 0 Å². The summed E-state index contributed by atoms with van der Waals surface area (Å²) < 4.78 is 0. The van der Waals surface area contributed by atoms with Crippen LogP contribution in [0.5, 0.6) is 0 Å². The summed E-state index contributed by atoms with van der Waals surface area (Å²) >= 11 is 0. The lowest BCUT2D eigenvalue weighted by atomic mass is 10.0. The number of ketones is 1. The molecule has 16 heavy (non-hydrogen) atoms. The summed E-state index contributed by atoms with van der Waals surface area (Å²) in [6.07, 6.45) is 2.33. The third kappa shape index (κ3) is 3.63. The van der Waals surface area contributed by atoms with Crippen molar-refractivity contribution in [2.75, 3.05) is 13.1 Å². The van der Waals surface area contributed by atoms with Gasteiger partial charge in [0.25, 0.3) is 0 Å². The molecule has 0 atom stereocenters. The minimum atomic E-state index is 0.203. The molecule has 0 fully saturated rings. The van der Waals surface area contributed by atoms with Gasteiger partial charge in [0.1, 0.15) is 0 Å². The lowest BCUT2D eigenvalue weighted by molar-refractivity contribution is 0.0982. The van der Waals surface area contributed by atoms with Gasteiger partial charge in [-0.05, 0) is 19.4 Å². The molecular formula is C14H19NO. The molecule has 0 heterocycles. The fourth-order valence-electron chi connectivity index (χ4n) is 1.67. The van der Waals surface area contributed by atoms with Crippen LogP contribution in [0.3, 0.4) is 0 Å². The van der Waals surface area contributed by atoms with Crippen molar-refractivity contribution >= 4 is 5.78 Å². The molecule has 0 saturated heterocycles. The first kappa shape index (κ1) is 12.7. The van der Waals surface area contributed by atoms with E-state index in [1.807, 2.05) is 32.0 Å². The predicted molar refractivity (Wildman–Crippen MR) is 67.9 cm³/mol. The quantitative estimate of drug-likeness (QED) is 0.451. The van der Waals surface area contributed by atoms with Crippen LogP contribution in [0.15, 0.2) is 30.9 Å². The SMILES string of the molecule is C=CCNCCC(=O)c1ccc(C)cc1C. The largest absolute Gasteiger partial charge is 0.313 e. The molecule has 0 spiro atoms. The van der Waals surface area contributed by atoms with Crippen LogP contribution in [0.4, 0.5) is 0 Å². The summed E-state index contributed by atoms with van der Waals surface area (Å²) in [4.78, 5) is 11.9. The van der Waals surface area contributed by atoms with Gasteiger partial charge in [-0.3, -0.25) is 4.79 Å². The predicted octanol–water partition coefficient (Wildman–Crippen LogP) is 2.65. The molecule has 2 nitrogen and oxygen atoms in total. The Bertz CT molecular complexity index is 382. The van der Waals surface area contributed by atoms with E-state index in [9.17, 15) is 4.79 Å². The third-order valence-electron chi connectivity index (χ3n) is 2.50. The van der Waals surface area contributed by atoms with E-state index in [1.165, 1.54) is 5.56 Å². The van der Waals surface area contributed by atoms with Crippen LogP contribution in [-0.2, 0) is 0 Å². The molecule has 0 aliphatic heterocycles. The lowest BCUT2D eigenvalue weighted by Crippen LogP contribution is -2.18. The van der Waals surface area contributed by atoms with Gasteiger partial charge in [0.2, 0.25) is 0 Å². The van der Waals surface area contributed by atoms with Crippen molar-refractivity contribution in [2.24, 2.45) is 0 Å². The summed E-state index contributed by atoms with van der Waals surface area (Å²) in [5.74, 6) is 0.203. The fourth-order valence-corrected chi connectivity index (χ4v) is 1.67. The van der Waals surface area contributed by atoms with E-state index in [2.05, 4.69) is 11.9 Å². The van der Waals surface area contributed by atoms with Gasteiger partial charge in [-0.1, -0.05) is 29.8 Å². The van der Waals surface area contributed by atoms with Crippen molar-refractivity contribution in [1.29, 1.82) is 0 Å². The van der Waals surface area contributed by atoms with Crippen molar-refractivity contribution in [3.05, 3.63) is 47.5 Å². The second-order valence-electron chi connectivity index (χ2n) is 3.98. The zero-order valence-corrected chi connectivity index (χ0v) is 10.0.